The van der Waals surface area contributed by atoms with Crippen LogP contribution in [0.4, 0.5) is 11.6 Å². The number of fused-ring (bicyclic) bond motifs is 1. The molecule has 182 valence electrons. The molecule has 2 aromatic carbocycles. The Balaban J connectivity index is 1.22. The van der Waals surface area contributed by atoms with Crippen molar-refractivity contribution in [3.05, 3.63) is 66.5 Å². The van der Waals surface area contributed by atoms with Gasteiger partial charge in [0.15, 0.2) is 11.5 Å². The molecule has 0 atom stereocenters. The number of piperazine rings is 1. The number of benzene rings is 2. The van der Waals surface area contributed by atoms with Gasteiger partial charge in [-0.15, -0.1) is 0 Å². The van der Waals surface area contributed by atoms with Crippen molar-refractivity contribution < 1.29 is 22.7 Å². The summed E-state index contributed by atoms with van der Waals surface area (Å²) in [5.74, 6) is 1.49. The van der Waals surface area contributed by atoms with Crippen molar-refractivity contribution in [3.8, 4) is 11.5 Å². The Morgan fingerprint density at radius 2 is 1.57 bits per heavy atom. The van der Waals surface area contributed by atoms with Crippen LogP contribution >= 0.6 is 0 Å². The summed E-state index contributed by atoms with van der Waals surface area (Å²) in [5, 5.41) is 0. The number of anilines is 2. The number of carbonyl (C=O) groups excluding carboxylic acids is 1. The van der Waals surface area contributed by atoms with E-state index in [2.05, 4.69) is 14.7 Å². The van der Waals surface area contributed by atoms with Gasteiger partial charge in [-0.3, -0.25) is 9.52 Å². The van der Waals surface area contributed by atoms with Crippen LogP contribution in [0.5, 0.6) is 11.5 Å². The third-order valence-electron chi connectivity index (χ3n) is 5.82. The molecule has 0 aliphatic carbocycles. The summed E-state index contributed by atoms with van der Waals surface area (Å²) in [4.78, 5) is 25.3. The van der Waals surface area contributed by atoms with Crippen molar-refractivity contribution in [2.45, 2.75) is 11.3 Å². The Bertz CT molecular complexity index is 1290. The Kier molecular flexibility index (Phi) is 6.41. The predicted molar refractivity (Wildman–Crippen MR) is 129 cm³/mol. The van der Waals surface area contributed by atoms with Crippen LogP contribution < -0.4 is 19.1 Å². The summed E-state index contributed by atoms with van der Waals surface area (Å²) in [7, 11) is -3.84. The summed E-state index contributed by atoms with van der Waals surface area (Å²) in [6, 6.07) is 12.7. The molecule has 0 bridgehead atoms. The minimum absolute atomic E-state index is 0.0715. The number of nitrogens with zero attached hydrogens (tertiary/aromatic N) is 4. The minimum atomic E-state index is -3.84. The SMILES string of the molecule is O=C(c1ccc(NS(=O)(=O)c2ccc3c(c2)OCCCO3)cc1)N1CCN(c2ncccn2)CC1. The van der Waals surface area contributed by atoms with Gasteiger partial charge in [0.1, 0.15) is 0 Å². The molecule has 0 saturated carbocycles. The molecule has 1 fully saturated rings. The van der Waals surface area contributed by atoms with Gasteiger partial charge in [-0.25, -0.2) is 18.4 Å². The first-order chi connectivity index (χ1) is 17.0. The van der Waals surface area contributed by atoms with E-state index in [4.69, 9.17) is 9.47 Å². The zero-order valence-corrected chi connectivity index (χ0v) is 19.8. The van der Waals surface area contributed by atoms with Gasteiger partial charge in [0.25, 0.3) is 15.9 Å². The largest absolute Gasteiger partial charge is 0.490 e. The van der Waals surface area contributed by atoms with E-state index < -0.39 is 10.0 Å². The van der Waals surface area contributed by atoms with Gasteiger partial charge in [-0.2, -0.15) is 0 Å². The third-order valence-corrected chi connectivity index (χ3v) is 7.19. The summed E-state index contributed by atoms with van der Waals surface area (Å²) in [6.07, 6.45) is 4.13. The van der Waals surface area contributed by atoms with E-state index >= 15 is 0 Å². The Hall–Kier alpha value is -3.86. The number of nitrogens with one attached hydrogen (secondary N) is 1. The second-order valence-electron chi connectivity index (χ2n) is 8.17. The van der Waals surface area contributed by atoms with E-state index in [1.54, 1.807) is 53.7 Å². The van der Waals surface area contributed by atoms with Gasteiger partial charge in [-0.05, 0) is 42.5 Å². The Morgan fingerprint density at radius 1 is 0.886 bits per heavy atom. The van der Waals surface area contributed by atoms with Crippen LogP contribution in [-0.4, -0.2) is 68.6 Å². The fourth-order valence-electron chi connectivity index (χ4n) is 3.95. The van der Waals surface area contributed by atoms with Crippen molar-refractivity contribution in [2.24, 2.45) is 0 Å². The summed E-state index contributed by atoms with van der Waals surface area (Å²) in [5.41, 5.74) is 0.854. The van der Waals surface area contributed by atoms with Crippen molar-refractivity contribution in [1.29, 1.82) is 0 Å². The summed E-state index contributed by atoms with van der Waals surface area (Å²) >= 11 is 0. The molecule has 1 saturated heterocycles. The highest BCUT2D eigenvalue weighted by Crippen LogP contribution is 2.32. The second-order valence-corrected chi connectivity index (χ2v) is 9.85. The van der Waals surface area contributed by atoms with Gasteiger partial charge >= 0.3 is 0 Å². The van der Waals surface area contributed by atoms with E-state index in [1.807, 2.05) is 4.90 Å². The minimum Gasteiger partial charge on any atom is -0.490 e. The molecule has 0 radical (unpaired) electrons. The van der Waals surface area contributed by atoms with Gasteiger partial charge in [-0.1, -0.05) is 0 Å². The highest BCUT2D eigenvalue weighted by Gasteiger charge is 2.24. The summed E-state index contributed by atoms with van der Waals surface area (Å²) in [6.45, 7) is 3.38. The lowest BCUT2D eigenvalue weighted by Gasteiger charge is -2.34. The Morgan fingerprint density at radius 3 is 2.29 bits per heavy atom. The number of aromatic nitrogens is 2. The summed E-state index contributed by atoms with van der Waals surface area (Å²) < 4.78 is 39.5. The van der Waals surface area contributed by atoms with Crippen LogP contribution in [0, 0.1) is 0 Å². The number of rotatable bonds is 5. The van der Waals surface area contributed by atoms with Crippen LogP contribution in [0.15, 0.2) is 65.8 Å². The van der Waals surface area contributed by atoms with E-state index in [1.165, 1.54) is 12.1 Å². The van der Waals surface area contributed by atoms with Crippen molar-refractivity contribution in [1.82, 2.24) is 14.9 Å². The average Bonchev–Trinajstić information content (AvgIpc) is 3.14. The zero-order chi connectivity index (χ0) is 24.3. The number of amides is 1. The van der Waals surface area contributed by atoms with E-state index in [-0.39, 0.29) is 10.8 Å². The van der Waals surface area contributed by atoms with Gasteiger partial charge in [0.2, 0.25) is 5.95 Å². The Labute approximate surface area is 203 Å². The van der Waals surface area contributed by atoms with Gasteiger partial charge in [0, 0.05) is 62.3 Å². The highest BCUT2D eigenvalue weighted by atomic mass is 32.2. The van der Waals surface area contributed by atoms with Crippen molar-refractivity contribution >= 4 is 27.6 Å². The number of hydrogen-bond acceptors (Lipinski definition) is 8. The molecule has 1 amide bonds. The van der Waals surface area contributed by atoms with Crippen molar-refractivity contribution in [3.63, 3.8) is 0 Å². The molecule has 10 nitrogen and oxygen atoms in total. The van der Waals surface area contributed by atoms with E-state index in [0.29, 0.717) is 68.1 Å². The molecule has 3 heterocycles. The van der Waals surface area contributed by atoms with Gasteiger partial charge in [0.05, 0.1) is 18.1 Å². The maximum atomic E-state index is 12.9. The molecule has 0 unspecified atom stereocenters. The van der Waals surface area contributed by atoms with E-state index in [0.717, 1.165) is 6.42 Å². The number of hydrogen-bond donors (Lipinski definition) is 1. The van der Waals surface area contributed by atoms with Crippen LogP contribution in [-0.2, 0) is 10.0 Å². The first-order valence-corrected chi connectivity index (χ1v) is 12.8. The topological polar surface area (TPSA) is 114 Å². The number of sulfonamides is 1. The highest BCUT2D eigenvalue weighted by molar-refractivity contribution is 7.92. The average molecular weight is 496 g/mol. The molecule has 2 aliphatic heterocycles. The number of carbonyl (C=O) groups is 1. The fraction of sp³-hybridized carbons (Fsp3) is 0.292. The molecule has 1 N–H and O–H groups in total. The zero-order valence-electron chi connectivity index (χ0n) is 19.0. The second kappa shape index (κ2) is 9.79. The maximum Gasteiger partial charge on any atom is 0.262 e. The third kappa shape index (κ3) is 5.14. The first kappa shape index (κ1) is 22.9. The molecule has 0 spiro atoms. The lowest BCUT2D eigenvalue weighted by atomic mass is 10.1. The van der Waals surface area contributed by atoms with E-state index in [9.17, 15) is 13.2 Å². The van der Waals surface area contributed by atoms with Crippen LogP contribution in [0.1, 0.15) is 16.8 Å². The van der Waals surface area contributed by atoms with Crippen molar-refractivity contribution in [2.75, 3.05) is 49.0 Å². The van der Waals surface area contributed by atoms with Crippen LogP contribution in [0.3, 0.4) is 0 Å². The predicted octanol–water partition coefficient (Wildman–Crippen LogP) is 2.40. The standard InChI is InChI=1S/C24H25N5O5S/c30-23(28-11-13-29(14-12-28)24-25-9-1-10-26-24)18-3-5-19(6-4-18)27-35(31,32)20-7-8-21-22(17-20)34-16-2-15-33-21/h1,3-10,17,27H,2,11-16H2. The molecule has 3 aromatic rings. The molecule has 11 heteroatoms. The molecule has 35 heavy (non-hydrogen) atoms. The number of ether oxygens (including phenoxy) is 2. The van der Waals surface area contributed by atoms with Gasteiger partial charge < -0.3 is 19.3 Å². The lowest BCUT2D eigenvalue weighted by Crippen LogP contribution is -2.49. The first-order valence-electron chi connectivity index (χ1n) is 11.3. The smallest absolute Gasteiger partial charge is 0.262 e. The fourth-order valence-corrected chi connectivity index (χ4v) is 5.03. The van der Waals surface area contributed by atoms with Crippen LogP contribution in [0.25, 0.3) is 0 Å². The molecule has 2 aliphatic rings. The molecule has 5 rings (SSSR count). The molecular weight excluding hydrogens is 470 g/mol. The normalized spacial score (nSPS) is 15.9. The monoisotopic (exact) mass is 495 g/mol. The maximum absolute atomic E-state index is 12.9. The molecular formula is C24H25N5O5S. The molecule has 1 aromatic heterocycles. The quantitative estimate of drug-likeness (QED) is 0.574. The lowest BCUT2D eigenvalue weighted by molar-refractivity contribution is 0.0746. The van der Waals surface area contributed by atoms with Crippen LogP contribution in [0.2, 0.25) is 0 Å².